The van der Waals surface area contributed by atoms with Crippen LogP contribution in [-0.4, -0.2) is 42.6 Å². The number of hydrogen-bond acceptors (Lipinski definition) is 4. The highest BCUT2D eigenvalue weighted by Crippen LogP contribution is 2.40. The van der Waals surface area contributed by atoms with Crippen LogP contribution in [0.3, 0.4) is 0 Å². The van der Waals surface area contributed by atoms with Gasteiger partial charge in [-0.25, -0.2) is 9.97 Å². The molecule has 0 atom stereocenters. The van der Waals surface area contributed by atoms with Gasteiger partial charge < -0.3 is 20.2 Å². The van der Waals surface area contributed by atoms with Gasteiger partial charge in [0.2, 0.25) is 0 Å². The number of H-pyrrole nitrogens is 2. The summed E-state index contributed by atoms with van der Waals surface area (Å²) < 4.78 is 0. The van der Waals surface area contributed by atoms with E-state index >= 15 is 0 Å². The van der Waals surface area contributed by atoms with E-state index in [1.165, 1.54) is 22.3 Å². The summed E-state index contributed by atoms with van der Waals surface area (Å²) in [5.41, 5.74) is 16.7. The van der Waals surface area contributed by atoms with Crippen molar-refractivity contribution in [1.82, 2.24) is 19.9 Å². The standard InChI is InChI=1S/C38H44N4O2.CH2O2/c1-8-15-28-26(13-6)34-19-32-24(11-4)22(9-2)30(39-32)18-31-23(10-3)25(12-5)33(40-31)20-35-27(14-7)29(16-17-38(43)44)37(42-35)21-36(28)41-34;2-1-3/h10-11,18-21,39-40H,3-4,8-9,12-17H2,1-2,5-7H3,(H,43,44);1H,(H,2,3). The number of carboxylic acid groups (broad SMARTS) is 2. The summed E-state index contributed by atoms with van der Waals surface area (Å²) >= 11 is 0. The van der Waals surface area contributed by atoms with Crippen molar-refractivity contribution in [2.45, 2.75) is 86.0 Å². The molecule has 246 valence electrons. The van der Waals surface area contributed by atoms with E-state index in [9.17, 15) is 9.90 Å². The van der Waals surface area contributed by atoms with E-state index < -0.39 is 5.97 Å². The summed E-state index contributed by atoms with van der Waals surface area (Å²) in [4.78, 5) is 37.9. The molecule has 3 aromatic heterocycles. The van der Waals surface area contributed by atoms with Crippen LogP contribution in [0.1, 0.15) is 118 Å². The lowest BCUT2D eigenvalue weighted by Crippen LogP contribution is -1.96. The van der Waals surface area contributed by atoms with E-state index in [4.69, 9.17) is 19.9 Å². The fourth-order valence-electron chi connectivity index (χ4n) is 6.89. The highest BCUT2D eigenvalue weighted by atomic mass is 16.4. The first kappa shape index (κ1) is 34.9. The molecule has 8 nitrogen and oxygen atoms in total. The van der Waals surface area contributed by atoms with E-state index in [0.29, 0.717) is 6.42 Å². The topological polar surface area (TPSA) is 132 Å². The van der Waals surface area contributed by atoms with Crippen LogP contribution in [0, 0.1) is 0 Å². The smallest absolute Gasteiger partial charge is 0.303 e. The minimum absolute atomic E-state index is 0.0515. The number of nitrogens with one attached hydrogen (secondary N) is 2. The van der Waals surface area contributed by atoms with E-state index in [-0.39, 0.29) is 12.9 Å². The molecule has 2 aliphatic heterocycles. The molecule has 5 heterocycles. The number of aryl methyl sites for hydroxylation is 2. The van der Waals surface area contributed by atoms with Crippen LogP contribution in [0.15, 0.2) is 37.4 Å². The molecular formula is C39H46N4O4. The number of allylic oxidation sites excluding steroid dienone is 4. The summed E-state index contributed by atoms with van der Waals surface area (Å²) in [5, 5.41) is 16.5. The van der Waals surface area contributed by atoms with Crippen molar-refractivity contribution < 1.29 is 19.8 Å². The van der Waals surface area contributed by atoms with Gasteiger partial charge >= 0.3 is 5.97 Å². The lowest BCUT2D eigenvalue weighted by atomic mass is 9.96. The number of rotatable bonds is 11. The van der Waals surface area contributed by atoms with Gasteiger partial charge in [0.15, 0.2) is 0 Å². The molecule has 5 rings (SSSR count). The monoisotopic (exact) mass is 634 g/mol. The van der Waals surface area contributed by atoms with Gasteiger partial charge in [-0.3, -0.25) is 9.59 Å². The lowest BCUT2D eigenvalue weighted by molar-refractivity contribution is -0.136. The molecule has 0 saturated carbocycles. The van der Waals surface area contributed by atoms with Gasteiger partial charge in [-0.2, -0.15) is 0 Å². The number of carbonyl (C=O) groups is 2. The Morgan fingerprint density at radius 2 is 1.11 bits per heavy atom. The molecule has 0 spiro atoms. The molecule has 0 unspecified atom stereocenters. The second kappa shape index (κ2) is 15.5. The molecule has 0 aliphatic carbocycles. The van der Waals surface area contributed by atoms with Gasteiger partial charge in [0.1, 0.15) is 0 Å². The SMILES string of the molecule is C=Cc1c(CC)c2cc3nc(cc4nc(cc5[nH]c(cc1[nH]2)c(CC)c5C=C)C(CC)=C4CCC)C(CCC(=O)O)=C3CC.O=CO. The molecule has 0 radical (unpaired) electrons. The molecule has 0 saturated heterocycles. The van der Waals surface area contributed by atoms with Crippen LogP contribution in [0.4, 0.5) is 0 Å². The largest absolute Gasteiger partial charge is 0.483 e. The maximum absolute atomic E-state index is 11.7. The number of carboxylic acids is 1. The first-order chi connectivity index (χ1) is 22.7. The molecule has 0 fully saturated rings. The zero-order valence-electron chi connectivity index (χ0n) is 28.2. The quantitative estimate of drug-likeness (QED) is 0.155. The van der Waals surface area contributed by atoms with Crippen LogP contribution in [-0.2, 0) is 22.4 Å². The number of fused-ring (bicyclic) bond motifs is 8. The van der Waals surface area contributed by atoms with Crippen molar-refractivity contribution in [3.05, 3.63) is 82.5 Å². The molecular weight excluding hydrogens is 588 g/mol. The van der Waals surface area contributed by atoms with Gasteiger partial charge in [-0.15, -0.1) is 0 Å². The first-order valence-electron chi connectivity index (χ1n) is 16.5. The van der Waals surface area contributed by atoms with E-state index in [1.54, 1.807) is 0 Å². The lowest BCUT2D eigenvalue weighted by Gasteiger charge is -2.07. The molecule has 8 bridgehead atoms. The molecule has 4 N–H and O–H groups in total. The second-order valence-corrected chi connectivity index (χ2v) is 11.5. The van der Waals surface area contributed by atoms with Crippen molar-refractivity contribution in [2.75, 3.05) is 0 Å². The zero-order chi connectivity index (χ0) is 34.2. The summed E-state index contributed by atoms with van der Waals surface area (Å²) in [7, 11) is 0. The van der Waals surface area contributed by atoms with Gasteiger partial charge in [0.25, 0.3) is 6.47 Å². The highest BCUT2D eigenvalue weighted by Gasteiger charge is 2.24. The van der Waals surface area contributed by atoms with Crippen molar-refractivity contribution >= 4 is 69.0 Å². The molecule has 0 aromatic carbocycles. The highest BCUT2D eigenvalue weighted by molar-refractivity contribution is 5.97. The van der Waals surface area contributed by atoms with Gasteiger partial charge in [-0.1, -0.05) is 66.3 Å². The Balaban J connectivity index is 0.00000160. The third-order valence-corrected chi connectivity index (χ3v) is 8.90. The Labute approximate surface area is 276 Å². The Morgan fingerprint density at radius 1 is 0.681 bits per heavy atom. The molecule has 2 aliphatic rings. The third-order valence-electron chi connectivity index (χ3n) is 8.90. The third kappa shape index (κ3) is 6.92. The van der Waals surface area contributed by atoms with Crippen molar-refractivity contribution in [3.8, 4) is 0 Å². The maximum Gasteiger partial charge on any atom is 0.303 e. The molecule has 3 aromatic rings. The summed E-state index contributed by atoms with van der Waals surface area (Å²) in [6.07, 6.45) is 9.55. The fourth-order valence-corrected chi connectivity index (χ4v) is 6.89. The number of hydrogen-bond donors (Lipinski definition) is 4. The summed E-state index contributed by atoms with van der Waals surface area (Å²) in [5.74, 6) is -0.811. The predicted molar refractivity (Wildman–Crippen MR) is 195 cm³/mol. The molecule has 0 amide bonds. The van der Waals surface area contributed by atoms with Crippen LogP contribution in [0.2, 0.25) is 0 Å². The van der Waals surface area contributed by atoms with Crippen LogP contribution in [0.25, 0.3) is 56.5 Å². The van der Waals surface area contributed by atoms with Gasteiger partial charge in [0, 0.05) is 39.6 Å². The molecule has 47 heavy (non-hydrogen) atoms. The first-order valence-corrected chi connectivity index (χ1v) is 16.5. The normalized spacial score (nSPS) is 12.5. The van der Waals surface area contributed by atoms with Crippen molar-refractivity contribution in [2.24, 2.45) is 0 Å². The Morgan fingerprint density at radius 3 is 1.53 bits per heavy atom. The minimum atomic E-state index is -0.811. The average molecular weight is 635 g/mol. The zero-order valence-corrected chi connectivity index (χ0v) is 28.2. The van der Waals surface area contributed by atoms with Crippen LogP contribution in [0.5, 0.6) is 0 Å². The van der Waals surface area contributed by atoms with E-state index in [0.717, 1.165) is 106 Å². The maximum atomic E-state index is 11.7. The Kier molecular flexibility index (Phi) is 11.5. The molecule has 8 heteroatoms. The van der Waals surface area contributed by atoms with Crippen LogP contribution < -0.4 is 0 Å². The van der Waals surface area contributed by atoms with E-state index in [1.807, 2.05) is 12.2 Å². The van der Waals surface area contributed by atoms with Crippen LogP contribution >= 0.6 is 0 Å². The number of nitrogens with zero attached hydrogens (tertiary/aromatic N) is 2. The van der Waals surface area contributed by atoms with Crippen molar-refractivity contribution in [3.63, 3.8) is 0 Å². The van der Waals surface area contributed by atoms with E-state index in [2.05, 4.69) is 82.0 Å². The number of aromatic amines is 2. The van der Waals surface area contributed by atoms with Crippen molar-refractivity contribution in [1.29, 1.82) is 0 Å². The second-order valence-electron chi connectivity index (χ2n) is 11.5. The predicted octanol–water partition coefficient (Wildman–Crippen LogP) is 9.73. The minimum Gasteiger partial charge on any atom is -0.483 e. The van der Waals surface area contributed by atoms with Gasteiger partial charge in [-0.05, 0) is 96.2 Å². The Bertz CT molecular complexity index is 1940. The summed E-state index contributed by atoms with van der Waals surface area (Å²) in [6, 6.07) is 8.58. The number of aliphatic carboxylic acids is 1. The Hall–Kier alpha value is -4.98. The average Bonchev–Trinajstić information content (AvgIpc) is 3.76. The van der Waals surface area contributed by atoms with Gasteiger partial charge in [0.05, 0.1) is 22.8 Å². The summed E-state index contributed by atoms with van der Waals surface area (Å²) in [6.45, 7) is 18.9. The number of aromatic nitrogens is 4. The fraction of sp³-hybridized carbons (Fsp3) is 0.333.